The Morgan fingerprint density at radius 3 is 2.75 bits per heavy atom. The fourth-order valence-corrected chi connectivity index (χ4v) is 3.90. The van der Waals surface area contributed by atoms with Crippen molar-refractivity contribution in [1.29, 1.82) is 0 Å². The van der Waals surface area contributed by atoms with Gasteiger partial charge in [-0.1, -0.05) is 0 Å². The summed E-state index contributed by atoms with van der Waals surface area (Å²) in [5, 5.41) is 11.1. The molecule has 0 bridgehead atoms. The lowest BCUT2D eigenvalue weighted by Gasteiger charge is -2.37. The molecule has 3 aliphatic rings. The van der Waals surface area contributed by atoms with E-state index in [0.717, 1.165) is 51.7 Å². The normalized spacial score (nSPS) is 29.7. The Hall–Kier alpha value is -0.910. The summed E-state index contributed by atoms with van der Waals surface area (Å²) in [6.07, 6.45) is 9.83. The van der Waals surface area contributed by atoms with Gasteiger partial charge in [0.05, 0.1) is 19.4 Å². The van der Waals surface area contributed by atoms with Gasteiger partial charge in [-0.05, 0) is 37.7 Å². The molecule has 2 aliphatic carbocycles. The number of rotatable bonds is 2. The molecule has 110 valence electrons. The second-order valence-corrected chi connectivity index (χ2v) is 6.36. The van der Waals surface area contributed by atoms with Gasteiger partial charge in [-0.25, -0.2) is 0 Å². The molecule has 0 unspecified atom stereocenters. The molecular weight excluding hydrogens is 254 g/mol. The average molecular weight is 277 g/mol. The fraction of sp³-hybridized carbons (Fsp3) is 0.800. The number of nitrogens with zero attached hydrogens (tertiary/aromatic N) is 1. The minimum atomic E-state index is -0.234. The van der Waals surface area contributed by atoms with Crippen molar-refractivity contribution < 1.29 is 9.47 Å². The molecule has 20 heavy (non-hydrogen) atoms. The van der Waals surface area contributed by atoms with Crippen molar-refractivity contribution in [3.63, 3.8) is 0 Å². The molecule has 1 aromatic heterocycles. The largest absolute Gasteiger partial charge is 0.348 e. The highest BCUT2D eigenvalue weighted by Gasteiger charge is 2.40. The monoisotopic (exact) mass is 277 g/mol. The minimum absolute atomic E-state index is 0.234. The van der Waals surface area contributed by atoms with E-state index in [1.54, 1.807) is 0 Å². The molecule has 0 amide bonds. The lowest BCUT2D eigenvalue weighted by Crippen LogP contribution is -2.47. The van der Waals surface area contributed by atoms with Crippen LogP contribution in [0, 0.1) is 0 Å². The number of nitrogens with one attached hydrogen (secondary N) is 2. The third-order valence-corrected chi connectivity index (χ3v) is 5.05. The molecular formula is C15H23N3O2. The predicted molar refractivity (Wildman–Crippen MR) is 74.4 cm³/mol. The van der Waals surface area contributed by atoms with Crippen LogP contribution in [-0.2, 0) is 22.3 Å². The highest BCUT2D eigenvalue weighted by atomic mass is 16.7. The molecule has 0 radical (unpaired) electrons. The number of ether oxygens (including phenoxy) is 2. The summed E-state index contributed by atoms with van der Waals surface area (Å²) in [6.45, 7) is 1.54. The maximum Gasteiger partial charge on any atom is 0.168 e. The van der Waals surface area contributed by atoms with Crippen LogP contribution in [0.4, 0.5) is 0 Å². The van der Waals surface area contributed by atoms with Crippen LogP contribution in [0.3, 0.4) is 0 Å². The number of aromatic nitrogens is 2. The average Bonchev–Trinajstić information content (AvgIpc) is 3.11. The second-order valence-electron chi connectivity index (χ2n) is 6.36. The Kier molecular flexibility index (Phi) is 3.28. The van der Waals surface area contributed by atoms with E-state index >= 15 is 0 Å². The zero-order valence-electron chi connectivity index (χ0n) is 11.9. The summed E-state index contributed by atoms with van der Waals surface area (Å²) in [7, 11) is 0. The first kappa shape index (κ1) is 12.8. The van der Waals surface area contributed by atoms with Gasteiger partial charge in [-0.3, -0.25) is 5.10 Å². The van der Waals surface area contributed by atoms with Gasteiger partial charge in [0.2, 0.25) is 0 Å². The van der Waals surface area contributed by atoms with Crippen molar-refractivity contribution in [3.05, 3.63) is 17.5 Å². The Bertz CT molecular complexity index is 457. The van der Waals surface area contributed by atoms with Crippen molar-refractivity contribution >= 4 is 0 Å². The quantitative estimate of drug-likeness (QED) is 0.861. The van der Waals surface area contributed by atoms with Gasteiger partial charge in [-0.2, -0.15) is 5.10 Å². The molecule has 2 fully saturated rings. The smallest absolute Gasteiger partial charge is 0.168 e. The number of fused-ring (bicyclic) bond motifs is 1. The lowest BCUT2D eigenvalue weighted by molar-refractivity contribution is -0.179. The summed E-state index contributed by atoms with van der Waals surface area (Å²) in [6, 6.07) is 1.22. The summed E-state index contributed by atoms with van der Waals surface area (Å²) in [5.74, 6) is -0.234. The van der Waals surface area contributed by atoms with E-state index in [-0.39, 0.29) is 5.79 Å². The van der Waals surface area contributed by atoms with E-state index in [0.29, 0.717) is 12.1 Å². The van der Waals surface area contributed by atoms with Crippen LogP contribution >= 0.6 is 0 Å². The summed E-state index contributed by atoms with van der Waals surface area (Å²) in [4.78, 5) is 0. The summed E-state index contributed by atoms with van der Waals surface area (Å²) >= 11 is 0. The molecule has 5 nitrogen and oxygen atoms in total. The lowest BCUT2D eigenvalue weighted by atomic mass is 9.87. The van der Waals surface area contributed by atoms with Gasteiger partial charge < -0.3 is 14.8 Å². The van der Waals surface area contributed by atoms with Crippen molar-refractivity contribution in [1.82, 2.24) is 15.5 Å². The van der Waals surface area contributed by atoms with E-state index in [2.05, 4.69) is 15.5 Å². The number of aromatic amines is 1. The Morgan fingerprint density at radius 1 is 1.15 bits per heavy atom. The van der Waals surface area contributed by atoms with Crippen LogP contribution in [0.1, 0.15) is 43.4 Å². The van der Waals surface area contributed by atoms with Crippen molar-refractivity contribution in [3.8, 4) is 0 Å². The molecule has 1 saturated carbocycles. The zero-order valence-corrected chi connectivity index (χ0v) is 11.9. The van der Waals surface area contributed by atoms with Crippen LogP contribution in [0.25, 0.3) is 0 Å². The molecule has 5 heteroatoms. The highest BCUT2D eigenvalue weighted by molar-refractivity contribution is 5.21. The first-order valence-corrected chi connectivity index (χ1v) is 7.88. The van der Waals surface area contributed by atoms with E-state index in [1.807, 2.05) is 6.20 Å². The topological polar surface area (TPSA) is 59.2 Å². The van der Waals surface area contributed by atoms with E-state index in [4.69, 9.17) is 9.47 Å². The van der Waals surface area contributed by atoms with Gasteiger partial charge in [0, 0.05) is 30.6 Å². The SMILES string of the molecule is c1n[nH]c2c1C[C@H](NC1CCC3(CC1)OCCO3)CC2. The Morgan fingerprint density at radius 2 is 1.95 bits per heavy atom. The van der Waals surface area contributed by atoms with Crippen LogP contribution < -0.4 is 5.32 Å². The third-order valence-electron chi connectivity index (χ3n) is 5.05. The molecule has 2 heterocycles. The maximum absolute atomic E-state index is 5.79. The maximum atomic E-state index is 5.79. The van der Waals surface area contributed by atoms with Crippen molar-refractivity contribution in [2.75, 3.05) is 13.2 Å². The van der Waals surface area contributed by atoms with Crippen LogP contribution in [0.5, 0.6) is 0 Å². The van der Waals surface area contributed by atoms with Crippen LogP contribution in [0.2, 0.25) is 0 Å². The van der Waals surface area contributed by atoms with Crippen molar-refractivity contribution in [2.24, 2.45) is 0 Å². The number of hydrogen-bond donors (Lipinski definition) is 2. The number of H-pyrrole nitrogens is 1. The van der Waals surface area contributed by atoms with Crippen LogP contribution in [0.15, 0.2) is 6.20 Å². The van der Waals surface area contributed by atoms with Gasteiger partial charge >= 0.3 is 0 Å². The third kappa shape index (κ3) is 2.38. The second kappa shape index (κ2) is 5.13. The number of aryl methyl sites for hydroxylation is 1. The predicted octanol–water partition coefficient (Wildman–Crippen LogP) is 1.54. The molecule has 0 aromatic carbocycles. The van der Waals surface area contributed by atoms with Crippen molar-refractivity contribution in [2.45, 2.75) is 62.8 Å². The standard InChI is InChI=1S/C15H23N3O2/c1-2-14-11(10-16-18-14)9-13(1)17-12-3-5-15(6-4-12)19-7-8-20-15/h10,12-13,17H,1-9H2,(H,16,18)/t13-/m1/s1. The summed E-state index contributed by atoms with van der Waals surface area (Å²) < 4.78 is 11.6. The molecule has 1 aliphatic heterocycles. The first-order chi connectivity index (χ1) is 9.83. The molecule has 1 atom stereocenters. The van der Waals surface area contributed by atoms with Gasteiger partial charge in [0.1, 0.15) is 0 Å². The molecule has 1 spiro atoms. The van der Waals surface area contributed by atoms with E-state index in [9.17, 15) is 0 Å². The Balaban J connectivity index is 1.31. The van der Waals surface area contributed by atoms with E-state index in [1.165, 1.54) is 17.7 Å². The highest BCUT2D eigenvalue weighted by Crippen LogP contribution is 2.36. The van der Waals surface area contributed by atoms with Crippen LogP contribution in [-0.4, -0.2) is 41.3 Å². The fourth-order valence-electron chi connectivity index (χ4n) is 3.90. The van der Waals surface area contributed by atoms with Gasteiger partial charge in [0.15, 0.2) is 5.79 Å². The molecule has 4 rings (SSSR count). The first-order valence-electron chi connectivity index (χ1n) is 7.88. The Labute approximate surface area is 119 Å². The van der Waals surface area contributed by atoms with Gasteiger partial charge in [0.25, 0.3) is 0 Å². The minimum Gasteiger partial charge on any atom is -0.348 e. The summed E-state index contributed by atoms with van der Waals surface area (Å²) in [5.41, 5.74) is 2.72. The zero-order chi connectivity index (χ0) is 13.4. The number of hydrogen-bond acceptors (Lipinski definition) is 4. The van der Waals surface area contributed by atoms with E-state index < -0.39 is 0 Å². The van der Waals surface area contributed by atoms with Gasteiger partial charge in [-0.15, -0.1) is 0 Å². The molecule has 1 saturated heterocycles. The molecule has 1 aromatic rings. The molecule has 2 N–H and O–H groups in total.